The second-order valence-corrected chi connectivity index (χ2v) is 4.81. The molecule has 17 heavy (non-hydrogen) atoms. The van der Waals surface area contributed by atoms with Gasteiger partial charge in [0.15, 0.2) is 0 Å². The predicted octanol–water partition coefficient (Wildman–Crippen LogP) is 2.23. The van der Waals surface area contributed by atoms with Crippen LogP contribution in [0.5, 0.6) is 5.75 Å². The summed E-state index contributed by atoms with van der Waals surface area (Å²) in [6.07, 6.45) is 2.38. The Labute approximate surface area is 105 Å². The fraction of sp³-hybridized carbons (Fsp3) is 0.500. The zero-order chi connectivity index (χ0) is 12.4. The molecule has 5 heteroatoms. The number of hydrogen-bond donors (Lipinski definition) is 2. The van der Waals surface area contributed by atoms with E-state index in [1.54, 1.807) is 0 Å². The smallest absolute Gasteiger partial charge is 0.142 e. The Morgan fingerprint density at radius 2 is 2.18 bits per heavy atom. The van der Waals surface area contributed by atoms with Crippen LogP contribution in [-0.4, -0.2) is 13.2 Å². The van der Waals surface area contributed by atoms with Gasteiger partial charge < -0.3 is 16.2 Å². The van der Waals surface area contributed by atoms with Crippen molar-refractivity contribution in [1.82, 2.24) is 0 Å². The summed E-state index contributed by atoms with van der Waals surface area (Å²) in [5.74, 6) is 0.659. The fourth-order valence-electron chi connectivity index (χ4n) is 1.58. The van der Waals surface area contributed by atoms with Crippen molar-refractivity contribution in [3.05, 3.63) is 28.5 Å². The third kappa shape index (κ3) is 3.09. The van der Waals surface area contributed by atoms with Gasteiger partial charge in [-0.2, -0.15) is 0 Å². The number of hydrogen-bond acceptors (Lipinski definition) is 3. The van der Waals surface area contributed by atoms with E-state index in [-0.39, 0.29) is 11.6 Å². The Balaban J connectivity index is 2.22. The fourth-order valence-corrected chi connectivity index (χ4v) is 1.73. The highest BCUT2D eigenvalue weighted by atomic mass is 35.5. The van der Waals surface area contributed by atoms with Gasteiger partial charge in [-0.15, -0.1) is 0 Å². The van der Waals surface area contributed by atoms with E-state index >= 15 is 0 Å². The Bertz CT molecular complexity index is 410. The van der Waals surface area contributed by atoms with Crippen LogP contribution in [0.15, 0.2) is 12.1 Å². The lowest BCUT2D eigenvalue weighted by molar-refractivity contribution is 0.294. The number of ether oxygens (including phenoxy) is 1. The highest BCUT2D eigenvalue weighted by Crippen LogP contribution is 2.33. The molecule has 1 atom stereocenters. The zero-order valence-corrected chi connectivity index (χ0v) is 10.2. The SMILES string of the molecule is NCC(N)c1cc(F)c(Cl)cc1OCC1CC1. The van der Waals surface area contributed by atoms with Gasteiger partial charge >= 0.3 is 0 Å². The lowest BCUT2D eigenvalue weighted by atomic mass is 10.1. The minimum absolute atomic E-state index is 0.0452. The van der Waals surface area contributed by atoms with Crippen molar-refractivity contribution in [2.45, 2.75) is 18.9 Å². The number of nitrogens with two attached hydrogens (primary N) is 2. The van der Waals surface area contributed by atoms with Gasteiger partial charge in [-0.05, 0) is 24.8 Å². The molecule has 1 aliphatic rings. The average molecular weight is 259 g/mol. The van der Waals surface area contributed by atoms with E-state index in [1.165, 1.54) is 25.0 Å². The van der Waals surface area contributed by atoms with E-state index in [4.69, 9.17) is 27.8 Å². The summed E-state index contributed by atoms with van der Waals surface area (Å²) in [5, 5.41) is 0.0452. The Morgan fingerprint density at radius 1 is 1.47 bits per heavy atom. The van der Waals surface area contributed by atoms with Gasteiger partial charge in [0, 0.05) is 24.2 Å². The maximum atomic E-state index is 13.4. The van der Waals surface area contributed by atoms with Crippen LogP contribution in [0.3, 0.4) is 0 Å². The molecular weight excluding hydrogens is 243 g/mol. The monoisotopic (exact) mass is 258 g/mol. The topological polar surface area (TPSA) is 61.3 Å². The van der Waals surface area contributed by atoms with Crippen LogP contribution in [-0.2, 0) is 0 Å². The molecule has 4 N–H and O–H groups in total. The minimum atomic E-state index is -0.496. The Hall–Kier alpha value is -0.840. The molecule has 0 saturated heterocycles. The van der Waals surface area contributed by atoms with Crippen LogP contribution in [0, 0.1) is 11.7 Å². The summed E-state index contributed by atoms with van der Waals surface area (Å²) in [7, 11) is 0. The molecule has 0 aromatic heterocycles. The molecule has 0 amide bonds. The third-order valence-corrected chi connectivity index (χ3v) is 3.17. The molecular formula is C12H16ClFN2O. The van der Waals surface area contributed by atoms with Gasteiger partial charge in [-0.25, -0.2) is 4.39 Å². The maximum absolute atomic E-state index is 13.4. The molecule has 1 saturated carbocycles. The van der Waals surface area contributed by atoms with E-state index < -0.39 is 11.9 Å². The summed E-state index contributed by atoms with van der Waals surface area (Å²) >= 11 is 5.74. The molecule has 3 nitrogen and oxygen atoms in total. The largest absolute Gasteiger partial charge is 0.493 e. The number of benzene rings is 1. The summed E-state index contributed by atoms with van der Waals surface area (Å²) in [5.41, 5.74) is 11.9. The predicted molar refractivity (Wildman–Crippen MR) is 65.6 cm³/mol. The average Bonchev–Trinajstić information content (AvgIpc) is 3.13. The van der Waals surface area contributed by atoms with E-state index in [2.05, 4.69) is 0 Å². The zero-order valence-electron chi connectivity index (χ0n) is 9.46. The molecule has 94 valence electrons. The van der Waals surface area contributed by atoms with Crippen LogP contribution in [0.2, 0.25) is 5.02 Å². The van der Waals surface area contributed by atoms with Crippen molar-refractivity contribution in [1.29, 1.82) is 0 Å². The first-order chi connectivity index (χ1) is 8.11. The van der Waals surface area contributed by atoms with Crippen LogP contribution in [0.25, 0.3) is 0 Å². The van der Waals surface area contributed by atoms with E-state index in [0.717, 1.165) is 0 Å². The minimum Gasteiger partial charge on any atom is -0.493 e. The number of halogens is 2. The molecule has 0 radical (unpaired) electrons. The van der Waals surface area contributed by atoms with Crippen LogP contribution < -0.4 is 16.2 Å². The van der Waals surface area contributed by atoms with Gasteiger partial charge in [0.1, 0.15) is 11.6 Å². The van der Waals surface area contributed by atoms with E-state index in [0.29, 0.717) is 23.8 Å². The van der Waals surface area contributed by atoms with Gasteiger partial charge in [-0.3, -0.25) is 0 Å². The number of rotatable bonds is 5. The first-order valence-corrected chi connectivity index (χ1v) is 6.07. The highest BCUT2D eigenvalue weighted by molar-refractivity contribution is 6.30. The van der Waals surface area contributed by atoms with Crippen molar-refractivity contribution < 1.29 is 9.13 Å². The quantitative estimate of drug-likeness (QED) is 0.851. The maximum Gasteiger partial charge on any atom is 0.142 e. The van der Waals surface area contributed by atoms with Crippen LogP contribution >= 0.6 is 11.6 Å². The molecule has 1 aromatic rings. The second kappa shape index (κ2) is 5.21. The lowest BCUT2D eigenvalue weighted by Gasteiger charge is -2.16. The van der Waals surface area contributed by atoms with Crippen molar-refractivity contribution in [3.8, 4) is 5.75 Å². The molecule has 2 rings (SSSR count). The molecule has 0 spiro atoms. The molecule has 1 aromatic carbocycles. The Morgan fingerprint density at radius 3 is 2.76 bits per heavy atom. The molecule has 1 unspecified atom stereocenters. The summed E-state index contributed by atoms with van der Waals surface area (Å²) < 4.78 is 19.0. The first-order valence-electron chi connectivity index (χ1n) is 5.69. The highest BCUT2D eigenvalue weighted by Gasteiger charge is 2.23. The first kappa shape index (κ1) is 12.6. The van der Waals surface area contributed by atoms with Crippen LogP contribution in [0.4, 0.5) is 4.39 Å². The summed E-state index contributed by atoms with van der Waals surface area (Å²) in [6, 6.07) is 2.35. The summed E-state index contributed by atoms with van der Waals surface area (Å²) in [6.45, 7) is 0.868. The standard InChI is InChI=1S/C12H16ClFN2O/c13-9-4-12(17-6-7-1-2-7)8(3-10(9)14)11(16)5-15/h3-4,7,11H,1-2,5-6,15-16H2. The summed E-state index contributed by atoms with van der Waals surface area (Å²) in [4.78, 5) is 0. The van der Waals surface area contributed by atoms with Gasteiger partial charge in [0.25, 0.3) is 0 Å². The normalized spacial score (nSPS) is 16.9. The molecule has 1 aliphatic carbocycles. The van der Waals surface area contributed by atoms with Crippen molar-refractivity contribution in [2.24, 2.45) is 17.4 Å². The van der Waals surface area contributed by atoms with Gasteiger partial charge in [0.05, 0.1) is 11.6 Å². The molecule has 1 fully saturated rings. The molecule has 0 aliphatic heterocycles. The van der Waals surface area contributed by atoms with Gasteiger partial charge in [0.2, 0.25) is 0 Å². The van der Waals surface area contributed by atoms with Gasteiger partial charge in [-0.1, -0.05) is 11.6 Å². The van der Waals surface area contributed by atoms with Crippen molar-refractivity contribution >= 4 is 11.6 Å². The van der Waals surface area contributed by atoms with E-state index in [9.17, 15) is 4.39 Å². The molecule has 0 bridgehead atoms. The molecule has 0 heterocycles. The lowest BCUT2D eigenvalue weighted by Crippen LogP contribution is -2.22. The van der Waals surface area contributed by atoms with Crippen molar-refractivity contribution in [2.75, 3.05) is 13.2 Å². The van der Waals surface area contributed by atoms with Crippen LogP contribution in [0.1, 0.15) is 24.4 Å². The Kier molecular flexibility index (Phi) is 3.86. The van der Waals surface area contributed by atoms with Crippen molar-refractivity contribution in [3.63, 3.8) is 0 Å². The van der Waals surface area contributed by atoms with E-state index in [1.807, 2.05) is 0 Å². The third-order valence-electron chi connectivity index (χ3n) is 2.88. The second-order valence-electron chi connectivity index (χ2n) is 4.40.